The van der Waals surface area contributed by atoms with Gasteiger partial charge in [-0.3, -0.25) is 19.6 Å². The summed E-state index contributed by atoms with van der Waals surface area (Å²) < 4.78 is 6.44. The number of nitro benzene ring substituents is 1. The molecule has 0 aliphatic carbocycles. The first-order valence-electron chi connectivity index (χ1n) is 6.62. The number of aromatic nitrogens is 2. The van der Waals surface area contributed by atoms with Crippen molar-refractivity contribution in [1.29, 1.82) is 0 Å². The van der Waals surface area contributed by atoms with Gasteiger partial charge in [-0.05, 0) is 13.0 Å². The molecule has 0 aliphatic rings. The molecular weight excluding hydrogens is 304 g/mol. The Morgan fingerprint density at radius 2 is 2.09 bits per heavy atom. The van der Waals surface area contributed by atoms with Gasteiger partial charge >= 0.3 is 5.97 Å². The number of nitro groups is 1. The Kier molecular flexibility index (Phi) is 4.69. The molecule has 2 rings (SSSR count). The van der Waals surface area contributed by atoms with Crippen LogP contribution in [0.15, 0.2) is 36.7 Å². The Bertz CT molecular complexity index is 755. The van der Waals surface area contributed by atoms with Gasteiger partial charge in [-0.2, -0.15) is 5.10 Å². The largest absolute Gasteiger partial charge is 0.449 e. The molecule has 0 aliphatic heterocycles. The molecule has 0 saturated carbocycles. The predicted octanol–water partition coefficient (Wildman–Crippen LogP) is 1.51. The monoisotopic (exact) mass is 318 g/mol. The summed E-state index contributed by atoms with van der Waals surface area (Å²) in [4.78, 5) is 34.2. The Labute approximate surface area is 131 Å². The first-order valence-corrected chi connectivity index (χ1v) is 6.62. The predicted molar refractivity (Wildman–Crippen MR) is 79.8 cm³/mol. The topological polar surface area (TPSA) is 116 Å². The van der Waals surface area contributed by atoms with Crippen LogP contribution < -0.4 is 5.32 Å². The van der Waals surface area contributed by atoms with E-state index >= 15 is 0 Å². The second-order valence-corrected chi connectivity index (χ2v) is 4.71. The highest BCUT2D eigenvalue weighted by Gasteiger charge is 2.22. The maximum absolute atomic E-state index is 12.0. The molecule has 0 bridgehead atoms. The third-order valence-corrected chi connectivity index (χ3v) is 2.95. The number of benzene rings is 1. The molecule has 9 heteroatoms. The fourth-order valence-electron chi connectivity index (χ4n) is 1.78. The number of carbonyl (C=O) groups is 2. The molecule has 1 aromatic carbocycles. The highest BCUT2D eigenvalue weighted by atomic mass is 16.6. The van der Waals surface area contributed by atoms with Gasteiger partial charge < -0.3 is 10.1 Å². The number of anilines is 1. The van der Waals surface area contributed by atoms with Gasteiger partial charge in [-0.1, -0.05) is 12.1 Å². The summed E-state index contributed by atoms with van der Waals surface area (Å²) >= 11 is 0. The van der Waals surface area contributed by atoms with Gasteiger partial charge in [-0.15, -0.1) is 0 Å². The van der Waals surface area contributed by atoms with E-state index in [-0.39, 0.29) is 16.9 Å². The third-order valence-electron chi connectivity index (χ3n) is 2.95. The van der Waals surface area contributed by atoms with E-state index in [1.54, 1.807) is 13.1 Å². The number of rotatable bonds is 5. The average molecular weight is 318 g/mol. The Morgan fingerprint density at radius 3 is 2.70 bits per heavy atom. The molecule has 0 saturated heterocycles. The number of hydrogen-bond acceptors (Lipinski definition) is 6. The third kappa shape index (κ3) is 3.90. The van der Waals surface area contributed by atoms with Gasteiger partial charge in [-0.25, -0.2) is 4.79 Å². The van der Waals surface area contributed by atoms with E-state index in [9.17, 15) is 19.7 Å². The lowest BCUT2D eigenvalue weighted by Gasteiger charge is -2.13. The van der Waals surface area contributed by atoms with Crippen molar-refractivity contribution in [2.75, 3.05) is 5.32 Å². The highest BCUT2D eigenvalue weighted by Crippen LogP contribution is 2.23. The standard InChI is InChI=1S/C14H14N4O5/c1-9(23-14(20)10-7-15-17(2)8-10)13(19)16-11-5-3-4-6-12(11)18(21)22/h3-9H,1-2H3,(H,16,19). The number of hydrogen-bond donors (Lipinski definition) is 1. The van der Waals surface area contributed by atoms with Gasteiger partial charge in [0.2, 0.25) is 0 Å². The van der Waals surface area contributed by atoms with Crippen LogP contribution in [0.25, 0.3) is 0 Å². The molecule has 1 aromatic heterocycles. The van der Waals surface area contributed by atoms with Crippen molar-refractivity contribution in [3.05, 3.63) is 52.3 Å². The zero-order valence-corrected chi connectivity index (χ0v) is 12.4. The number of nitrogens with one attached hydrogen (secondary N) is 1. The molecule has 1 N–H and O–H groups in total. The molecular formula is C14H14N4O5. The fourth-order valence-corrected chi connectivity index (χ4v) is 1.78. The minimum absolute atomic E-state index is 0.0341. The van der Waals surface area contributed by atoms with Gasteiger partial charge in [0.05, 0.1) is 16.7 Å². The number of ether oxygens (including phenoxy) is 1. The molecule has 120 valence electrons. The maximum Gasteiger partial charge on any atom is 0.342 e. The van der Waals surface area contributed by atoms with Crippen LogP contribution in [0.5, 0.6) is 0 Å². The first kappa shape index (κ1) is 16.1. The molecule has 23 heavy (non-hydrogen) atoms. The van der Waals surface area contributed by atoms with Crippen molar-refractivity contribution in [3.8, 4) is 0 Å². The summed E-state index contributed by atoms with van der Waals surface area (Å²) in [6.45, 7) is 1.37. The highest BCUT2D eigenvalue weighted by molar-refractivity contribution is 5.98. The minimum Gasteiger partial charge on any atom is -0.449 e. The quantitative estimate of drug-likeness (QED) is 0.507. The van der Waals surface area contributed by atoms with Gasteiger partial charge in [0.25, 0.3) is 11.6 Å². The number of para-hydroxylation sites is 2. The van der Waals surface area contributed by atoms with Crippen LogP contribution in [0.1, 0.15) is 17.3 Å². The van der Waals surface area contributed by atoms with E-state index in [4.69, 9.17) is 4.74 Å². The molecule has 1 heterocycles. The van der Waals surface area contributed by atoms with Crippen molar-refractivity contribution in [3.63, 3.8) is 0 Å². The minimum atomic E-state index is -1.12. The lowest BCUT2D eigenvalue weighted by molar-refractivity contribution is -0.383. The van der Waals surface area contributed by atoms with Gasteiger partial charge in [0.1, 0.15) is 5.69 Å². The van der Waals surface area contributed by atoms with Gasteiger partial charge in [0, 0.05) is 19.3 Å². The van der Waals surface area contributed by atoms with Crippen molar-refractivity contribution < 1.29 is 19.2 Å². The molecule has 9 nitrogen and oxygen atoms in total. The first-order chi connectivity index (χ1) is 10.9. The number of nitrogens with zero attached hydrogens (tertiary/aromatic N) is 3. The molecule has 0 spiro atoms. The molecule has 0 radical (unpaired) electrons. The molecule has 1 atom stereocenters. The van der Waals surface area contributed by atoms with Crippen LogP contribution in [-0.4, -0.2) is 32.7 Å². The Morgan fingerprint density at radius 1 is 1.39 bits per heavy atom. The molecule has 0 fully saturated rings. The number of amides is 1. The molecule has 1 unspecified atom stereocenters. The smallest absolute Gasteiger partial charge is 0.342 e. The van der Waals surface area contributed by atoms with Crippen LogP contribution in [-0.2, 0) is 16.6 Å². The fraction of sp³-hybridized carbons (Fsp3) is 0.214. The van der Waals surface area contributed by atoms with E-state index in [0.717, 1.165) is 0 Å². The summed E-state index contributed by atoms with van der Waals surface area (Å²) in [6, 6.07) is 5.70. The summed E-state index contributed by atoms with van der Waals surface area (Å²) in [5.41, 5.74) is -0.00347. The average Bonchev–Trinajstić information content (AvgIpc) is 2.94. The molecule has 1 amide bonds. The Hall–Kier alpha value is -3.23. The summed E-state index contributed by atoms with van der Waals surface area (Å²) in [5.74, 6) is -1.38. The lowest BCUT2D eigenvalue weighted by Crippen LogP contribution is -2.30. The summed E-state index contributed by atoms with van der Waals surface area (Å²) in [5, 5.41) is 17.1. The lowest BCUT2D eigenvalue weighted by atomic mass is 10.2. The Balaban J connectivity index is 2.03. The van der Waals surface area contributed by atoms with E-state index in [1.807, 2.05) is 0 Å². The SMILES string of the molecule is CC(OC(=O)c1cnn(C)c1)C(=O)Nc1ccccc1[N+](=O)[O-]. The normalized spacial score (nSPS) is 11.6. The summed E-state index contributed by atoms with van der Waals surface area (Å²) in [6.07, 6.45) is 1.65. The van der Waals surface area contributed by atoms with Gasteiger partial charge in [0.15, 0.2) is 6.10 Å². The van der Waals surface area contributed by atoms with Crippen molar-refractivity contribution >= 4 is 23.3 Å². The van der Waals surface area contributed by atoms with Crippen LogP contribution in [0.2, 0.25) is 0 Å². The second kappa shape index (κ2) is 6.69. The van der Waals surface area contributed by atoms with E-state index in [0.29, 0.717) is 0 Å². The zero-order chi connectivity index (χ0) is 17.0. The van der Waals surface area contributed by atoms with E-state index in [2.05, 4.69) is 10.4 Å². The maximum atomic E-state index is 12.0. The van der Waals surface area contributed by atoms with Crippen LogP contribution in [0.3, 0.4) is 0 Å². The van der Waals surface area contributed by atoms with E-state index in [1.165, 1.54) is 42.2 Å². The number of aryl methyl sites for hydroxylation is 1. The number of esters is 1. The van der Waals surface area contributed by atoms with Crippen LogP contribution in [0.4, 0.5) is 11.4 Å². The van der Waals surface area contributed by atoms with Crippen molar-refractivity contribution in [2.24, 2.45) is 7.05 Å². The number of carbonyl (C=O) groups excluding carboxylic acids is 2. The summed E-state index contributed by atoms with van der Waals surface area (Å²) in [7, 11) is 1.64. The zero-order valence-electron chi connectivity index (χ0n) is 12.4. The van der Waals surface area contributed by atoms with Crippen molar-refractivity contribution in [2.45, 2.75) is 13.0 Å². The van der Waals surface area contributed by atoms with Crippen molar-refractivity contribution in [1.82, 2.24) is 9.78 Å². The van der Waals surface area contributed by atoms with Crippen LogP contribution >= 0.6 is 0 Å². The second-order valence-electron chi connectivity index (χ2n) is 4.71. The molecule has 2 aromatic rings. The van der Waals surface area contributed by atoms with E-state index < -0.39 is 22.9 Å². The van der Waals surface area contributed by atoms with Crippen LogP contribution in [0, 0.1) is 10.1 Å².